The summed E-state index contributed by atoms with van der Waals surface area (Å²) in [5.74, 6) is 0.578. The van der Waals surface area contributed by atoms with Gasteiger partial charge in [0.15, 0.2) is 0 Å². The molecule has 0 aromatic heterocycles. The maximum Gasteiger partial charge on any atom is 0.305 e. The molecule has 1 atom stereocenters. The quantitative estimate of drug-likeness (QED) is 0.0592. The lowest BCUT2D eigenvalue weighted by Crippen LogP contribution is -2.37. The number of likely N-dealkylation sites (N-methyl/N-ethyl adjacent to an activating group) is 1. The summed E-state index contributed by atoms with van der Waals surface area (Å²) in [6.07, 6.45) is 28.7. The molecular formula is C37H76N2O3. The molecule has 0 aliphatic carbocycles. The zero-order chi connectivity index (χ0) is 30.9. The second-order valence-corrected chi connectivity index (χ2v) is 12.9. The van der Waals surface area contributed by atoms with Crippen LogP contribution < -0.4 is 0 Å². The molecule has 1 unspecified atom stereocenters. The Bertz CT molecular complexity index is 545. The van der Waals surface area contributed by atoms with Gasteiger partial charge in [-0.15, -0.1) is 0 Å². The molecule has 0 aromatic carbocycles. The first-order valence-electron chi connectivity index (χ1n) is 18.8. The summed E-state index contributed by atoms with van der Waals surface area (Å²) in [7, 11) is 0. The second-order valence-electron chi connectivity index (χ2n) is 12.9. The van der Waals surface area contributed by atoms with Crippen LogP contribution in [-0.2, 0) is 9.53 Å². The van der Waals surface area contributed by atoms with Gasteiger partial charge >= 0.3 is 5.97 Å². The Hall–Kier alpha value is -0.650. The molecule has 0 saturated heterocycles. The Morgan fingerprint density at radius 1 is 0.548 bits per heavy atom. The predicted octanol–water partition coefficient (Wildman–Crippen LogP) is 9.79. The third-order valence-corrected chi connectivity index (χ3v) is 8.94. The molecule has 252 valence electrons. The molecule has 0 saturated carbocycles. The number of hydrogen-bond acceptors (Lipinski definition) is 5. The van der Waals surface area contributed by atoms with Crippen LogP contribution in [0.4, 0.5) is 0 Å². The van der Waals surface area contributed by atoms with Gasteiger partial charge in [-0.2, -0.15) is 0 Å². The SMILES string of the molecule is CCCCCCCCC(CCCCCC)COC(=O)CCCCCCCN(CCCCCCC)CCN(CC)CCO. The number of hydrogen-bond donors (Lipinski definition) is 1. The van der Waals surface area contributed by atoms with Crippen LogP contribution in [0.15, 0.2) is 0 Å². The summed E-state index contributed by atoms with van der Waals surface area (Å²) in [4.78, 5) is 17.5. The summed E-state index contributed by atoms with van der Waals surface area (Å²) in [6, 6.07) is 0. The fourth-order valence-corrected chi connectivity index (χ4v) is 5.93. The molecule has 0 aliphatic rings. The van der Waals surface area contributed by atoms with Gasteiger partial charge in [-0.3, -0.25) is 4.79 Å². The Kier molecular flexibility index (Phi) is 32.7. The van der Waals surface area contributed by atoms with Crippen molar-refractivity contribution in [2.24, 2.45) is 5.92 Å². The average Bonchev–Trinajstić information content (AvgIpc) is 3.00. The van der Waals surface area contributed by atoms with Crippen molar-refractivity contribution < 1.29 is 14.6 Å². The molecule has 0 bridgehead atoms. The standard InChI is InChI=1S/C37H76N2O3/c1-5-9-12-15-17-22-27-36(26-21-14-11-7-3)35-42-37(41)28-23-18-16-20-25-30-39(29-24-19-13-10-6-2)32-31-38(8-4)33-34-40/h36,40H,5-35H2,1-4H3. The average molecular weight is 597 g/mol. The summed E-state index contributed by atoms with van der Waals surface area (Å²) < 4.78 is 5.79. The van der Waals surface area contributed by atoms with Crippen molar-refractivity contribution in [3.8, 4) is 0 Å². The van der Waals surface area contributed by atoms with Crippen LogP contribution in [0.2, 0.25) is 0 Å². The lowest BCUT2D eigenvalue weighted by atomic mass is 9.95. The molecule has 5 nitrogen and oxygen atoms in total. The van der Waals surface area contributed by atoms with Crippen LogP contribution in [0.3, 0.4) is 0 Å². The van der Waals surface area contributed by atoms with Gasteiger partial charge in [-0.1, -0.05) is 137 Å². The Morgan fingerprint density at radius 3 is 1.52 bits per heavy atom. The van der Waals surface area contributed by atoms with E-state index in [4.69, 9.17) is 4.74 Å². The highest BCUT2D eigenvalue weighted by atomic mass is 16.5. The maximum absolute atomic E-state index is 12.5. The first kappa shape index (κ1) is 41.4. The number of ether oxygens (including phenoxy) is 1. The number of esters is 1. The summed E-state index contributed by atoms with van der Waals surface area (Å²) in [5.41, 5.74) is 0. The van der Waals surface area contributed by atoms with Crippen molar-refractivity contribution in [2.45, 2.75) is 175 Å². The molecule has 5 heteroatoms. The topological polar surface area (TPSA) is 53.0 Å². The van der Waals surface area contributed by atoms with Gasteiger partial charge in [0.1, 0.15) is 0 Å². The highest BCUT2D eigenvalue weighted by Gasteiger charge is 2.13. The highest BCUT2D eigenvalue weighted by Crippen LogP contribution is 2.20. The number of aliphatic hydroxyl groups is 1. The van der Waals surface area contributed by atoms with Crippen molar-refractivity contribution in [1.29, 1.82) is 0 Å². The first-order valence-corrected chi connectivity index (χ1v) is 18.8. The molecule has 0 fully saturated rings. The molecule has 0 heterocycles. The van der Waals surface area contributed by atoms with Gasteiger partial charge in [0, 0.05) is 26.1 Å². The second kappa shape index (κ2) is 33.2. The van der Waals surface area contributed by atoms with Gasteiger partial charge in [0.05, 0.1) is 13.2 Å². The van der Waals surface area contributed by atoms with Gasteiger partial charge in [0.25, 0.3) is 0 Å². The highest BCUT2D eigenvalue weighted by molar-refractivity contribution is 5.69. The fraction of sp³-hybridized carbons (Fsp3) is 0.973. The normalized spacial score (nSPS) is 12.5. The molecule has 1 N–H and O–H groups in total. The van der Waals surface area contributed by atoms with Gasteiger partial charge in [-0.05, 0) is 57.7 Å². The minimum Gasteiger partial charge on any atom is -0.465 e. The van der Waals surface area contributed by atoms with E-state index < -0.39 is 0 Å². The Labute approximate surface area is 263 Å². The minimum absolute atomic E-state index is 0.0223. The summed E-state index contributed by atoms with van der Waals surface area (Å²) in [6.45, 7) is 16.2. The largest absolute Gasteiger partial charge is 0.465 e. The lowest BCUT2D eigenvalue weighted by Gasteiger charge is -2.26. The van der Waals surface area contributed by atoms with Crippen molar-refractivity contribution in [3.05, 3.63) is 0 Å². The van der Waals surface area contributed by atoms with Crippen molar-refractivity contribution in [2.75, 3.05) is 52.5 Å². The number of rotatable bonds is 34. The van der Waals surface area contributed by atoms with E-state index in [0.29, 0.717) is 18.9 Å². The van der Waals surface area contributed by atoms with E-state index in [1.807, 2.05) is 0 Å². The number of aliphatic hydroxyl groups excluding tert-OH is 1. The molecule has 42 heavy (non-hydrogen) atoms. The van der Waals surface area contributed by atoms with Crippen LogP contribution >= 0.6 is 0 Å². The van der Waals surface area contributed by atoms with E-state index >= 15 is 0 Å². The number of nitrogens with zero attached hydrogens (tertiary/aromatic N) is 2. The first-order chi connectivity index (χ1) is 20.6. The number of unbranched alkanes of at least 4 members (excludes halogenated alkanes) is 16. The number of carbonyl (C=O) groups is 1. The predicted molar refractivity (Wildman–Crippen MR) is 183 cm³/mol. The van der Waals surface area contributed by atoms with Gasteiger partial charge < -0.3 is 19.6 Å². The van der Waals surface area contributed by atoms with Gasteiger partial charge in [-0.25, -0.2) is 0 Å². The molecule has 0 aromatic rings. The fourth-order valence-electron chi connectivity index (χ4n) is 5.93. The molecular weight excluding hydrogens is 520 g/mol. The Morgan fingerprint density at radius 2 is 1.00 bits per heavy atom. The van der Waals surface area contributed by atoms with Crippen molar-refractivity contribution in [1.82, 2.24) is 9.80 Å². The van der Waals surface area contributed by atoms with Crippen LogP contribution in [0.5, 0.6) is 0 Å². The molecule has 0 rings (SSSR count). The van der Waals surface area contributed by atoms with Gasteiger partial charge in [0.2, 0.25) is 0 Å². The van der Waals surface area contributed by atoms with E-state index in [0.717, 1.165) is 39.0 Å². The van der Waals surface area contributed by atoms with E-state index in [-0.39, 0.29) is 12.6 Å². The van der Waals surface area contributed by atoms with E-state index in [2.05, 4.69) is 37.5 Å². The van der Waals surface area contributed by atoms with E-state index in [1.54, 1.807) is 0 Å². The Balaban J connectivity index is 4.19. The van der Waals surface area contributed by atoms with Crippen LogP contribution in [0.1, 0.15) is 175 Å². The zero-order valence-corrected chi connectivity index (χ0v) is 29.2. The third-order valence-electron chi connectivity index (χ3n) is 8.94. The molecule has 0 spiro atoms. The van der Waals surface area contributed by atoms with E-state index in [9.17, 15) is 9.90 Å². The van der Waals surface area contributed by atoms with E-state index in [1.165, 1.54) is 142 Å². The maximum atomic E-state index is 12.5. The molecule has 0 radical (unpaired) electrons. The zero-order valence-electron chi connectivity index (χ0n) is 29.2. The number of carbonyl (C=O) groups excluding carboxylic acids is 1. The van der Waals surface area contributed by atoms with Crippen LogP contribution in [-0.4, -0.2) is 73.4 Å². The summed E-state index contributed by atoms with van der Waals surface area (Å²) in [5, 5.41) is 9.31. The van der Waals surface area contributed by atoms with Crippen LogP contribution in [0.25, 0.3) is 0 Å². The van der Waals surface area contributed by atoms with Crippen molar-refractivity contribution >= 4 is 5.97 Å². The van der Waals surface area contributed by atoms with Crippen molar-refractivity contribution in [3.63, 3.8) is 0 Å². The lowest BCUT2D eigenvalue weighted by molar-refractivity contribution is -0.145. The minimum atomic E-state index is 0.0223. The summed E-state index contributed by atoms with van der Waals surface area (Å²) >= 11 is 0. The molecule has 0 amide bonds. The smallest absolute Gasteiger partial charge is 0.305 e. The molecule has 0 aliphatic heterocycles. The third kappa shape index (κ3) is 28.1. The van der Waals surface area contributed by atoms with Crippen LogP contribution in [0, 0.1) is 5.92 Å². The monoisotopic (exact) mass is 597 g/mol.